The molecule has 2 saturated heterocycles. The highest BCUT2D eigenvalue weighted by Gasteiger charge is 2.56. The van der Waals surface area contributed by atoms with Gasteiger partial charge in [-0.3, -0.25) is 14.4 Å². The monoisotopic (exact) mass is 820 g/mol. The van der Waals surface area contributed by atoms with E-state index in [2.05, 4.69) is 13.5 Å². The maximum absolute atomic E-state index is 14.3. The topological polar surface area (TPSA) is 178 Å². The van der Waals surface area contributed by atoms with Gasteiger partial charge in [0, 0.05) is 52.0 Å². The number of amides is 1. The molecular weight excluding hydrogens is 746 g/mol. The van der Waals surface area contributed by atoms with Gasteiger partial charge >= 0.3 is 5.97 Å². The highest BCUT2D eigenvalue weighted by Crippen LogP contribution is 2.38. The Morgan fingerprint density at radius 2 is 1.71 bits per heavy atom. The summed E-state index contributed by atoms with van der Waals surface area (Å²) >= 11 is 0. The quantitative estimate of drug-likeness (QED) is 0.0763. The van der Waals surface area contributed by atoms with Crippen LogP contribution in [-0.4, -0.2) is 126 Å². The molecule has 3 fully saturated rings. The van der Waals surface area contributed by atoms with Gasteiger partial charge in [-0.15, -0.1) is 6.58 Å². The average molecular weight is 820 g/mol. The van der Waals surface area contributed by atoms with Crippen molar-refractivity contribution >= 4 is 23.4 Å². The zero-order valence-electron chi connectivity index (χ0n) is 36.5. The summed E-state index contributed by atoms with van der Waals surface area (Å²) in [4.78, 5) is 57.3. The van der Waals surface area contributed by atoms with E-state index in [0.717, 1.165) is 18.4 Å². The molecule has 58 heavy (non-hydrogen) atoms. The van der Waals surface area contributed by atoms with E-state index in [0.29, 0.717) is 50.5 Å². The third-order valence-corrected chi connectivity index (χ3v) is 12.6. The highest BCUT2D eigenvalue weighted by atomic mass is 16.7. The molecule has 3 rings (SSSR count). The van der Waals surface area contributed by atoms with Crippen molar-refractivity contribution in [2.45, 2.75) is 173 Å². The van der Waals surface area contributed by atoms with E-state index in [9.17, 15) is 34.5 Å². The number of nitrogens with zero attached hydrogens (tertiary/aromatic N) is 1. The molecular formula is C45H73NO12. The van der Waals surface area contributed by atoms with Crippen LogP contribution in [0.2, 0.25) is 0 Å². The van der Waals surface area contributed by atoms with Crippen molar-refractivity contribution in [2.24, 2.45) is 23.7 Å². The summed E-state index contributed by atoms with van der Waals surface area (Å²) in [7, 11) is 4.58. The molecule has 330 valence electrons. The van der Waals surface area contributed by atoms with Crippen LogP contribution in [0.15, 0.2) is 36.0 Å². The fraction of sp³-hybridized carbons (Fsp3) is 0.778. The Hall–Kier alpha value is -2.78. The van der Waals surface area contributed by atoms with E-state index in [-0.39, 0.29) is 43.6 Å². The Kier molecular flexibility index (Phi) is 19.9. The van der Waals surface area contributed by atoms with Crippen LogP contribution in [-0.2, 0) is 42.9 Å². The Morgan fingerprint density at radius 1 is 1.02 bits per heavy atom. The zero-order valence-corrected chi connectivity index (χ0v) is 36.5. The van der Waals surface area contributed by atoms with E-state index in [1.165, 1.54) is 19.1 Å². The molecule has 0 aromatic carbocycles. The third-order valence-electron chi connectivity index (χ3n) is 12.6. The minimum absolute atomic E-state index is 0.0141. The first-order valence-electron chi connectivity index (χ1n) is 21.4. The van der Waals surface area contributed by atoms with E-state index < -0.39 is 83.9 Å². The Labute approximate surface area is 346 Å². The Morgan fingerprint density at radius 3 is 2.31 bits per heavy atom. The van der Waals surface area contributed by atoms with Crippen LogP contribution < -0.4 is 0 Å². The fourth-order valence-electron chi connectivity index (χ4n) is 8.97. The summed E-state index contributed by atoms with van der Waals surface area (Å²) in [6, 6.07) is -1.15. The lowest BCUT2D eigenvalue weighted by atomic mass is 9.81. The molecule has 1 saturated carbocycles. The number of esters is 1. The van der Waals surface area contributed by atoms with Gasteiger partial charge in [0.15, 0.2) is 0 Å². The second kappa shape index (κ2) is 23.3. The van der Waals surface area contributed by atoms with Crippen molar-refractivity contribution in [3.8, 4) is 0 Å². The number of aliphatic hydroxyl groups excluding tert-OH is 2. The molecule has 2 aliphatic heterocycles. The molecule has 0 bridgehead atoms. The average Bonchev–Trinajstić information content (AvgIpc) is 3.21. The number of aliphatic hydroxyl groups is 3. The third kappa shape index (κ3) is 12.4. The first-order valence-corrected chi connectivity index (χ1v) is 21.4. The minimum Gasteiger partial charge on any atom is -0.456 e. The number of carbonyl (C=O) groups is 4. The summed E-state index contributed by atoms with van der Waals surface area (Å²) < 4.78 is 29.1. The number of carbonyl (C=O) groups excluding carboxylic acids is 4. The van der Waals surface area contributed by atoms with E-state index in [1.807, 2.05) is 32.9 Å². The maximum atomic E-state index is 14.3. The largest absolute Gasteiger partial charge is 0.456 e. The van der Waals surface area contributed by atoms with Crippen LogP contribution in [0.5, 0.6) is 0 Å². The fourth-order valence-corrected chi connectivity index (χ4v) is 8.97. The number of likely N-dealkylation sites (tertiary alicyclic amines) is 1. The SMILES string of the molecule is C=CCC(/C=C(\C)CCC)C(=O)CC(O)C(C)C(OC(=O)C1CCCCN1C(=O)C(=O)C1(O)OC(C(CC)OC)C(OC)CC1C)/C(C)=C/C1CCC(O)C(OC)C1. The van der Waals surface area contributed by atoms with Gasteiger partial charge in [0.05, 0.1) is 30.5 Å². The second-order valence-corrected chi connectivity index (χ2v) is 16.9. The van der Waals surface area contributed by atoms with Gasteiger partial charge in [0.25, 0.3) is 11.7 Å². The number of rotatable bonds is 21. The van der Waals surface area contributed by atoms with Crippen molar-refractivity contribution in [1.82, 2.24) is 4.90 Å². The van der Waals surface area contributed by atoms with Gasteiger partial charge in [0.2, 0.25) is 5.79 Å². The molecule has 13 nitrogen and oxygen atoms in total. The number of methoxy groups -OCH3 is 3. The normalized spacial score (nSPS) is 31.1. The highest BCUT2D eigenvalue weighted by molar-refractivity contribution is 6.39. The van der Waals surface area contributed by atoms with Crippen LogP contribution >= 0.6 is 0 Å². The number of hydrogen-bond donors (Lipinski definition) is 3. The van der Waals surface area contributed by atoms with Crippen molar-refractivity contribution < 1.29 is 58.2 Å². The van der Waals surface area contributed by atoms with Crippen molar-refractivity contribution in [3.63, 3.8) is 0 Å². The number of hydrogen-bond acceptors (Lipinski definition) is 12. The van der Waals surface area contributed by atoms with Crippen LogP contribution in [0.1, 0.15) is 119 Å². The first-order chi connectivity index (χ1) is 27.5. The predicted octanol–water partition coefficient (Wildman–Crippen LogP) is 5.42. The molecule has 3 aliphatic rings. The van der Waals surface area contributed by atoms with E-state index in [1.54, 1.807) is 27.0 Å². The van der Waals surface area contributed by atoms with Crippen molar-refractivity contribution in [2.75, 3.05) is 27.9 Å². The summed E-state index contributed by atoms with van der Waals surface area (Å²) in [6.45, 7) is 15.0. The summed E-state index contributed by atoms with van der Waals surface area (Å²) in [5, 5.41) is 33.9. The molecule has 0 radical (unpaired) electrons. The molecule has 1 aliphatic carbocycles. The standard InChI is InChI=1S/C45H73NO12/c1-11-16-27(4)22-32(17-12-2)36(49)26-35(48)30(7)40(28(5)23-31-19-20-34(47)38(25-31)55-9)57-44(52)33-18-14-15-21-46(33)43(51)42(50)45(53)29(6)24-39(56-10)41(58-45)37(13-3)54-8/h12,22-23,29-35,37-41,47-48,53H,2,11,13-21,24-26H2,1,3-10H3/b27-22+,28-23+. The lowest BCUT2D eigenvalue weighted by Crippen LogP contribution is -2.64. The lowest BCUT2D eigenvalue weighted by molar-refractivity contribution is -0.301. The number of ether oxygens (including phenoxy) is 5. The predicted molar refractivity (Wildman–Crippen MR) is 219 cm³/mol. The Bertz CT molecular complexity index is 1440. The smallest absolute Gasteiger partial charge is 0.329 e. The number of allylic oxidation sites excluding steroid dienone is 4. The molecule has 1 amide bonds. The number of ketones is 2. The van der Waals surface area contributed by atoms with Crippen molar-refractivity contribution in [1.29, 1.82) is 0 Å². The van der Waals surface area contributed by atoms with Gasteiger partial charge in [-0.05, 0) is 89.5 Å². The lowest BCUT2D eigenvalue weighted by Gasteiger charge is -2.46. The van der Waals surface area contributed by atoms with Gasteiger partial charge < -0.3 is 43.9 Å². The second-order valence-electron chi connectivity index (χ2n) is 16.9. The van der Waals surface area contributed by atoms with Crippen LogP contribution in [0.25, 0.3) is 0 Å². The molecule has 0 aromatic rings. The zero-order chi connectivity index (χ0) is 43.3. The molecule has 13 unspecified atom stereocenters. The summed E-state index contributed by atoms with van der Waals surface area (Å²) in [6.07, 6.45) is 6.50. The molecule has 2 heterocycles. The van der Waals surface area contributed by atoms with Gasteiger partial charge in [-0.2, -0.15) is 0 Å². The van der Waals surface area contributed by atoms with Crippen LogP contribution in [0.4, 0.5) is 0 Å². The summed E-state index contributed by atoms with van der Waals surface area (Å²) in [5.74, 6) is -7.64. The molecule has 0 aromatic heterocycles. The van der Waals surface area contributed by atoms with Crippen molar-refractivity contribution in [3.05, 3.63) is 36.0 Å². The molecule has 3 N–H and O–H groups in total. The number of Topliss-reactive ketones (excluding diaryl/α,β-unsaturated/α-hetero) is 2. The first kappa shape index (κ1) is 49.6. The molecule has 13 atom stereocenters. The number of piperidine rings is 1. The van der Waals surface area contributed by atoms with E-state index in [4.69, 9.17) is 23.7 Å². The molecule has 0 spiro atoms. The Balaban J connectivity index is 1.93. The van der Waals surface area contributed by atoms with Gasteiger partial charge in [-0.25, -0.2) is 4.79 Å². The molecule has 13 heteroatoms. The minimum atomic E-state index is -2.48. The maximum Gasteiger partial charge on any atom is 0.329 e. The van der Waals surface area contributed by atoms with Crippen LogP contribution in [0.3, 0.4) is 0 Å². The van der Waals surface area contributed by atoms with Gasteiger partial charge in [-0.1, -0.05) is 57.9 Å². The van der Waals surface area contributed by atoms with Crippen LogP contribution in [0, 0.1) is 23.7 Å². The van der Waals surface area contributed by atoms with E-state index >= 15 is 0 Å². The van der Waals surface area contributed by atoms with Gasteiger partial charge in [0.1, 0.15) is 24.0 Å². The summed E-state index contributed by atoms with van der Waals surface area (Å²) in [5.41, 5.74) is 1.74.